The number of hydrogen-bond donors (Lipinski definition) is 3. The minimum absolute atomic E-state index is 0.0397. The second-order valence-electron chi connectivity index (χ2n) is 10.7. The molecule has 0 bridgehead atoms. The molecule has 2 atom stereocenters. The van der Waals surface area contributed by atoms with Crippen LogP contribution >= 0.6 is 0 Å². The average molecular weight is 557 g/mol. The first-order valence-corrected chi connectivity index (χ1v) is 14.0. The van der Waals surface area contributed by atoms with Crippen LogP contribution in [0.1, 0.15) is 29.0 Å². The number of carbonyl (C=O) groups is 3. The van der Waals surface area contributed by atoms with Gasteiger partial charge in [-0.3, -0.25) is 14.5 Å². The number of benzene rings is 3. The minimum Gasteiger partial charge on any atom is -0.481 e. The summed E-state index contributed by atoms with van der Waals surface area (Å²) in [7, 11) is 2.04. The maximum atomic E-state index is 13.1. The largest absolute Gasteiger partial charge is 0.481 e. The van der Waals surface area contributed by atoms with E-state index in [0.717, 1.165) is 48.4 Å². The van der Waals surface area contributed by atoms with Crippen molar-refractivity contribution < 1.29 is 24.2 Å². The van der Waals surface area contributed by atoms with Gasteiger partial charge < -0.3 is 25.4 Å². The lowest BCUT2D eigenvalue weighted by atomic mass is 9.98. The van der Waals surface area contributed by atoms with Gasteiger partial charge in [0.25, 0.3) is 0 Å². The summed E-state index contributed by atoms with van der Waals surface area (Å²) in [5.74, 6) is -1.88. The lowest BCUT2D eigenvalue weighted by Crippen LogP contribution is -2.57. The Morgan fingerprint density at radius 1 is 0.927 bits per heavy atom. The number of ether oxygens (including phenoxy) is 1. The average Bonchev–Trinajstić information content (AvgIpc) is 3.29. The molecule has 1 aliphatic carbocycles. The summed E-state index contributed by atoms with van der Waals surface area (Å²) in [5.41, 5.74) is 5.54. The monoisotopic (exact) mass is 556 g/mol. The molecule has 2 amide bonds. The van der Waals surface area contributed by atoms with E-state index in [9.17, 15) is 19.5 Å². The number of hydrogen-bond acceptors (Lipinski definition) is 6. The second kappa shape index (κ2) is 13.0. The number of likely N-dealkylation sites (N-methyl/N-ethyl adjacent to an activating group) is 1. The summed E-state index contributed by atoms with van der Waals surface area (Å²) in [6.45, 7) is 3.69. The first-order valence-electron chi connectivity index (χ1n) is 14.0. The van der Waals surface area contributed by atoms with E-state index in [1.54, 1.807) is 0 Å². The molecule has 0 aromatic heterocycles. The van der Waals surface area contributed by atoms with Crippen LogP contribution in [0.4, 0.5) is 4.79 Å². The lowest BCUT2D eigenvalue weighted by molar-refractivity contribution is -0.139. The van der Waals surface area contributed by atoms with Gasteiger partial charge in [-0.1, -0.05) is 78.9 Å². The van der Waals surface area contributed by atoms with E-state index in [1.165, 1.54) is 5.56 Å². The second-order valence-corrected chi connectivity index (χ2v) is 10.7. The number of piperazine rings is 1. The van der Waals surface area contributed by atoms with Crippen molar-refractivity contribution in [1.82, 2.24) is 20.4 Å². The van der Waals surface area contributed by atoms with Crippen molar-refractivity contribution in [3.05, 3.63) is 95.6 Å². The van der Waals surface area contributed by atoms with Crippen molar-refractivity contribution in [3.8, 4) is 11.1 Å². The SMILES string of the molecule is CN1CCN(Cc2ccccc2)C(CNC(=O)C(CC(=O)O)NC(=O)OCC2c3ccccc3-c3ccccc32)C1. The van der Waals surface area contributed by atoms with Gasteiger partial charge in [0.15, 0.2) is 0 Å². The molecule has 3 aromatic carbocycles. The molecule has 2 unspecified atom stereocenters. The molecule has 5 rings (SSSR count). The Kier molecular flexibility index (Phi) is 8.96. The highest BCUT2D eigenvalue weighted by molar-refractivity contribution is 5.89. The van der Waals surface area contributed by atoms with Crippen LogP contribution in [0, 0.1) is 0 Å². The number of fused-ring (bicyclic) bond motifs is 3. The standard InChI is InChI=1S/C32H36N4O5/c1-35-15-16-36(19-22-9-3-2-4-10-22)23(20-35)18-33-31(39)29(17-30(37)38)34-32(40)41-21-28-26-13-7-5-11-24(26)25-12-6-8-14-27(25)28/h2-14,23,28-29H,15-21H2,1H3,(H,33,39)(H,34,40)(H,37,38). The molecule has 1 aliphatic heterocycles. The van der Waals surface area contributed by atoms with Gasteiger partial charge in [-0.15, -0.1) is 0 Å². The van der Waals surface area contributed by atoms with Crippen LogP contribution in [0.2, 0.25) is 0 Å². The van der Waals surface area contributed by atoms with E-state index in [2.05, 4.69) is 32.6 Å². The van der Waals surface area contributed by atoms with Crippen molar-refractivity contribution in [1.29, 1.82) is 0 Å². The van der Waals surface area contributed by atoms with Crippen molar-refractivity contribution in [2.75, 3.05) is 39.8 Å². The number of amides is 2. The molecule has 0 saturated carbocycles. The lowest BCUT2D eigenvalue weighted by Gasteiger charge is -2.40. The molecular formula is C32H36N4O5. The van der Waals surface area contributed by atoms with Gasteiger partial charge >= 0.3 is 12.1 Å². The highest BCUT2D eigenvalue weighted by Crippen LogP contribution is 2.44. The molecule has 3 N–H and O–H groups in total. The van der Waals surface area contributed by atoms with Gasteiger partial charge in [-0.2, -0.15) is 0 Å². The number of nitrogens with one attached hydrogen (secondary N) is 2. The van der Waals surface area contributed by atoms with Crippen LogP contribution in [0.15, 0.2) is 78.9 Å². The molecule has 1 fully saturated rings. The Labute approximate surface area is 240 Å². The van der Waals surface area contributed by atoms with E-state index in [0.29, 0.717) is 6.54 Å². The molecule has 41 heavy (non-hydrogen) atoms. The third-order valence-corrected chi connectivity index (χ3v) is 7.88. The number of carbonyl (C=O) groups excluding carboxylic acids is 2. The molecule has 9 nitrogen and oxygen atoms in total. The summed E-state index contributed by atoms with van der Waals surface area (Å²) in [5, 5.41) is 14.8. The fourth-order valence-electron chi connectivity index (χ4n) is 5.78. The first-order chi connectivity index (χ1) is 19.9. The number of carboxylic acids is 1. The fraction of sp³-hybridized carbons (Fsp3) is 0.344. The Morgan fingerprint density at radius 2 is 1.56 bits per heavy atom. The molecule has 0 spiro atoms. The summed E-state index contributed by atoms with van der Waals surface area (Å²) < 4.78 is 5.56. The minimum atomic E-state index is -1.26. The predicted molar refractivity (Wildman–Crippen MR) is 155 cm³/mol. The van der Waals surface area contributed by atoms with Crippen molar-refractivity contribution in [2.45, 2.75) is 31.0 Å². The predicted octanol–water partition coefficient (Wildman–Crippen LogP) is 3.30. The van der Waals surface area contributed by atoms with Gasteiger partial charge in [0, 0.05) is 44.7 Å². The maximum absolute atomic E-state index is 13.1. The Bertz CT molecular complexity index is 1340. The molecule has 1 saturated heterocycles. The number of aliphatic carboxylic acids is 1. The molecule has 3 aromatic rings. The summed E-state index contributed by atoms with van der Waals surface area (Å²) in [6, 6.07) is 24.9. The number of nitrogens with zero attached hydrogens (tertiary/aromatic N) is 2. The Morgan fingerprint density at radius 3 is 2.22 bits per heavy atom. The van der Waals surface area contributed by atoms with Crippen LogP contribution in [0.25, 0.3) is 11.1 Å². The first kappa shape index (κ1) is 28.3. The van der Waals surface area contributed by atoms with E-state index in [1.807, 2.05) is 73.8 Å². The van der Waals surface area contributed by atoms with Gasteiger partial charge in [0.05, 0.1) is 6.42 Å². The number of carboxylic acid groups (broad SMARTS) is 1. The smallest absolute Gasteiger partial charge is 0.407 e. The van der Waals surface area contributed by atoms with Gasteiger partial charge in [0.2, 0.25) is 5.91 Å². The zero-order valence-corrected chi connectivity index (χ0v) is 23.2. The molecule has 2 aliphatic rings. The zero-order valence-electron chi connectivity index (χ0n) is 23.2. The Hall–Kier alpha value is -4.21. The zero-order chi connectivity index (χ0) is 28.8. The normalized spacial score (nSPS) is 17.7. The van der Waals surface area contributed by atoms with Gasteiger partial charge in [-0.25, -0.2) is 4.79 Å². The van der Waals surface area contributed by atoms with Crippen molar-refractivity contribution >= 4 is 18.0 Å². The van der Waals surface area contributed by atoms with Crippen LogP contribution < -0.4 is 10.6 Å². The van der Waals surface area contributed by atoms with E-state index in [-0.39, 0.29) is 18.6 Å². The van der Waals surface area contributed by atoms with Crippen LogP contribution in [0.5, 0.6) is 0 Å². The summed E-state index contributed by atoms with van der Waals surface area (Å²) >= 11 is 0. The van der Waals surface area contributed by atoms with Crippen molar-refractivity contribution in [2.24, 2.45) is 0 Å². The molecular weight excluding hydrogens is 520 g/mol. The van der Waals surface area contributed by atoms with Crippen LogP contribution in [0.3, 0.4) is 0 Å². The quantitative estimate of drug-likeness (QED) is 0.351. The summed E-state index contributed by atoms with van der Waals surface area (Å²) in [6.07, 6.45) is -1.37. The third-order valence-electron chi connectivity index (χ3n) is 7.88. The van der Waals surface area contributed by atoms with E-state index < -0.39 is 30.4 Å². The van der Waals surface area contributed by atoms with Crippen LogP contribution in [-0.4, -0.2) is 84.8 Å². The molecule has 214 valence electrons. The highest BCUT2D eigenvalue weighted by Gasteiger charge is 2.31. The Balaban J connectivity index is 1.19. The topological polar surface area (TPSA) is 111 Å². The molecule has 9 heteroatoms. The van der Waals surface area contributed by atoms with E-state index in [4.69, 9.17) is 4.74 Å². The molecule has 0 radical (unpaired) electrons. The maximum Gasteiger partial charge on any atom is 0.407 e. The van der Waals surface area contributed by atoms with Crippen LogP contribution in [-0.2, 0) is 20.9 Å². The third kappa shape index (κ3) is 6.93. The van der Waals surface area contributed by atoms with Gasteiger partial charge in [0.1, 0.15) is 12.6 Å². The fourth-order valence-corrected chi connectivity index (χ4v) is 5.78. The van der Waals surface area contributed by atoms with E-state index >= 15 is 0 Å². The summed E-state index contributed by atoms with van der Waals surface area (Å²) in [4.78, 5) is 42.0. The number of rotatable bonds is 10. The van der Waals surface area contributed by atoms with Crippen molar-refractivity contribution in [3.63, 3.8) is 0 Å². The highest BCUT2D eigenvalue weighted by atomic mass is 16.5. The molecule has 1 heterocycles. The number of alkyl carbamates (subject to hydrolysis) is 1. The van der Waals surface area contributed by atoms with Gasteiger partial charge in [-0.05, 0) is 34.9 Å².